The number of amides is 1. The highest BCUT2D eigenvalue weighted by atomic mass is 16.5. The van der Waals surface area contributed by atoms with Gasteiger partial charge in [-0.3, -0.25) is 4.79 Å². The smallest absolute Gasteiger partial charge is 0.258 e. The van der Waals surface area contributed by atoms with Crippen LogP contribution >= 0.6 is 0 Å². The van der Waals surface area contributed by atoms with E-state index in [0.29, 0.717) is 5.69 Å². The minimum Gasteiger partial charge on any atom is -0.378 e. The Labute approximate surface area is 108 Å². The summed E-state index contributed by atoms with van der Waals surface area (Å²) < 4.78 is 5.27. The first kappa shape index (κ1) is 14.7. The van der Waals surface area contributed by atoms with Gasteiger partial charge in [-0.1, -0.05) is 17.7 Å². The molecule has 1 rings (SSSR count). The second kappa shape index (κ2) is 5.98. The van der Waals surface area contributed by atoms with Crippen LogP contribution in [0.2, 0.25) is 0 Å². The molecule has 0 fully saturated rings. The van der Waals surface area contributed by atoms with Crippen molar-refractivity contribution in [3.05, 3.63) is 29.8 Å². The predicted molar refractivity (Wildman–Crippen MR) is 71.5 cm³/mol. The second-order valence-electron chi connectivity index (χ2n) is 4.95. The van der Waals surface area contributed by atoms with Crippen molar-refractivity contribution >= 4 is 11.6 Å². The van der Waals surface area contributed by atoms with Crippen LogP contribution in [0.25, 0.3) is 0 Å². The first-order valence-corrected chi connectivity index (χ1v) is 6.03. The van der Waals surface area contributed by atoms with Gasteiger partial charge >= 0.3 is 0 Å². The van der Waals surface area contributed by atoms with Crippen LogP contribution in [-0.2, 0) is 9.53 Å². The van der Waals surface area contributed by atoms with Crippen molar-refractivity contribution in [2.24, 2.45) is 0 Å². The first-order chi connectivity index (χ1) is 8.31. The summed E-state index contributed by atoms with van der Waals surface area (Å²) in [5.74, 6) is -0.466. The number of ether oxygens (including phenoxy) is 1. The third kappa shape index (κ3) is 4.47. The minimum absolute atomic E-state index is 0.0244. The molecule has 0 saturated heterocycles. The van der Waals surface area contributed by atoms with Crippen LogP contribution < -0.4 is 5.32 Å². The van der Waals surface area contributed by atoms with Crippen LogP contribution in [0.4, 0.5) is 5.69 Å². The van der Waals surface area contributed by atoms with Gasteiger partial charge in [0.05, 0.1) is 12.7 Å². The average molecular weight is 251 g/mol. The van der Waals surface area contributed by atoms with E-state index in [1.54, 1.807) is 12.1 Å². The Morgan fingerprint density at radius 1 is 1.39 bits per heavy atom. The molecule has 1 aromatic rings. The molecule has 0 heterocycles. The zero-order valence-electron chi connectivity index (χ0n) is 11.4. The molecule has 18 heavy (non-hydrogen) atoms. The molecule has 0 radical (unpaired) electrons. The largest absolute Gasteiger partial charge is 0.378 e. The van der Waals surface area contributed by atoms with Crippen molar-refractivity contribution < 1.29 is 14.6 Å². The lowest BCUT2D eigenvalue weighted by molar-refractivity contribution is -0.140. The normalized spacial score (nSPS) is 14.3. The number of aliphatic hydroxyl groups is 1. The van der Waals surface area contributed by atoms with Gasteiger partial charge in [-0.15, -0.1) is 0 Å². The van der Waals surface area contributed by atoms with Crippen LogP contribution in [0.5, 0.6) is 0 Å². The lowest BCUT2D eigenvalue weighted by Gasteiger charge is -2.23. The van der Waals surface area contributed by atoms with E-state index in [1.807, 2.05) is 32.9 Å². The van der Waals surface area contributed by atoms with Crippen LogP contribution in [0.3, 0.4) is 0 Å². The molecule has 0 unspecified atom stereocenters. The summed E-state index contributed by atoms with van der Waals surface area (Å²) in [7, 11) is 0. The maximum absolute atomic E-state index is 11.9. The molecule has 4 nitrogen and oxygen atoms in total. The van der Waals surface area contributed by atoms with Gasteiger partial charge in [0.15, 0.2) is 5.60 Å². The second-order valence-corrected chi connectivity index (χ2v) is 4.95. The van der Waals surface area contributed by atoms with Gasteiger partial charge in [-0.25, -0.2) is 0 Å². The molecule has 0 saturated carbocycles. The van der Waals surface area contributed by atoms with Crippen LogP contribution in [0.1, 0.15) is 26.3 Å². The van der Waals surface area contributed by atoms with Crippen molar-refractivity contribution in [1.82, 2.24) is 0 Å². The van der Waals surface area contributed by atoms with E-state index in [0.717, 1.165) is 5.56 Å². The van der Waals surface area contributed by atoms with Crippen molar-refractivity contribution in [2.75, 3.05) is 11.9 Å². The fourth-order valence-corrected chi connectivity index (χ4v) is 1.30. The summed E-state index contributed by atoms with van der Waals surface area (Å²) >= 11 is 0. The minimum atomic E-state index is -1.53. The van der Waals surface area contributed by atoms with Gasteiger partial charge in [0, 0.05) is 5.69 Å². The summed E-state index contributed by atoms with van der Waals surface area (Å²) in [6, 6.07) is 7.39. The van der Waals surface area contributed by atoms with E-state index in [2.05, 4.69) is 5.32 Å². The summed E-state index contributed by atoms with van der Waals surface area (Å²) in [6.45, 7) is 7.10. The van der Waals surface area contributed by atoms with Gasteiger partial charge in [0.1, 0.15) is 0 Å². The number of carbonyl (C=O) groups excluding carboxylic acids is 1. The predicted octanol–water partition coefficient (Wildman–Crippen LogP) is 2.11. The van der Waals surface area contributed by atoms with Crippen molar-refractivity contribution in [3.63, 3.8) is 0 Å². The molecule has 4 heteroatoms. The van der Waals surface area contributed by atoms with Gasteiger partial charge in [-0.05, 0) is 39.8 Å². The molecule has 0 aromatic heterocycles. The number of benzene rings is 1. The highest BCUT2D eigenvalue weighted by molar-refractivity contribution is 5.96. The van der Waals surface area contributed by atoms with Crippen molar-refractivity contribution in [3.8, 4) is 0 Å². The number of anilines is 1. The number of hydrogen-bond acceptors (Lipinski definition) is 3. The van der Waals surface area contributed by atoms with E-state index in [-0.39, 0.29) is 12.7 Å². The number of aryl methyl sites for hydroxylation is 1. The SMILES string of the molecule is Cc1ccc(NC(=O)[C@@](C)(O)COC(C)C)cc1. The van der Waals surface area contributed by atoms with Crippen molar-refractivity contribution in [1.29, 1.82) is 0 Å². The Balaban J connectivity index is 2.60. The highest BCUT2D eigenvalue weighted by Gasteiger charge is 2.31. The maximum atomic E-state index is 11.9. The molecule has 0 aliphatic carbocycles. The molecule has 0 aliphatic rings. The Kier molecular flexibility index (Phi) is 4.87. The average Bonchev–Trinajstić information content (AvgIpc) is 2.29. The summed E-state index contributed by atoms with van der Waals surface area (Å²) in [5.41, 5.74) is 0.244. The fourth-order valence-electron chi connectivity index (χ4n) is 1.30. The standard InChI is InChI=1S/C14H21NO3/c1-10(2)18-9-14(4,17)13(16)15-12-7-5-11(3)6-8-12/h5-8,10,17H,9H2,1-4H3,(H,15,16)/t14-/m0/s1. The van der Waals surface area contributed by atoms with Gasteiger partial charge < -0.3 is 15.2 Å². The quantitative estimate of drug-likeness (QED) is 0.842. The number of rotatable bonds is 5. The van der Waals surface area contributed by atoms with Gasteiger partial charge in [0.25, 0.3) is 5.91 Å². The van der Waals surface area contributed by atoms with Gasteiger partial charge in [0.2, 0.25) is 0 Å². The molecular formula is C14H21NO3. The third-order valence-electron chi connectivity index (χ3n) is 2.50. The summed E-state index contributed by atoms with van der Waals surface area (Å²) in [6.07, 6.45) is -0.0244. The molecule has 2 N–H and O–H groups in total. The number of carbonyl (C=O) groups is 1. The lowest BCUT2D eigenvalue weighted by atomic mass is 10.1. The van der Waals surface area contributed by atoms with Crippen molar-refractivity contribution in [2.45, 2.75) is 39.4 Å². The Hall–Kier alpha value is -1.39. The fraction of sp³-hybridized carbons (Fsp3) is 0.500. The van der Waals surface area contributed by atoms with E-state index in [1.165, 1.54) is 6.92 Å². The molecule has 1 atom stereocenters. The molecule has 0 bridgehead atoms. The maximum Gasteiger partial charge on any atom is 0.258 e. The molecule has 100 valence electrons. The topological polar surface area (TPSA) is 58.6 Å². The highest BCUT2D eigenvalue weighted by Crippen LogP contribution is 2.13. The van der Waals surface area contributed by atoms with Crippen LogP contribution in [0, 0.1) is 6.92 Å². The van der Waals surface area contributed by atoms with E-state index in [9.17, 15) is 9.90 Å². The van der Waals surface area contributed by atoms with E-state index >= 15 is 0 Å². The number of hydrogen-bond donors (Lipinski definition) is 2. The first-order valence-electron chi connectivity index (χ1n) is 6.03. The van der Waals surface area contributed by atoms with Gasteiger partial charge in [-0.2, -0.15) is 0 Å². The summed E-state index contributed by atoms with van der Waals surface area (Å²) in [4.78, 5) is 11.9. The molecule has 0 spiro atoms. The van der Waals surface area contributed by atoms with E-state index in [4.69, 9.17) is 4.74 Å². The molecule has 1 amide bonds. The lowest BCUT2D eigenvalue weighted by Crippen LogP contribution is -2.44. The van der Waals surface area contributed by atoms with Crippen LogP contribution in [0.15, 0.2) is 24.3 Å². The number of nitrogens with one attached hydrogen (secondary N) is 1. The third-order valence-corrected chi connectivity index (χ3v) is 2.50. The zero-order chi connectivity index (χ0) is 13.8. The monoisotopic (exact) mass is 251 g/mol. The van der Waals surface area contributed by atoms with Crippen LogP contribution in [-0.4, -0.2) is 29.3 Å². The molecule has 1 aromatic carbocycles. The Bertz CT molecular complexity index is 396. The zero-order valence-corrected chi connectivity index (χ0v) is 11.4. The summed E-state index contributed by atoms with van der Waals surface area (Å²) in [5, 5.41) is 12.7. The molecular weight excluding hydrogens is 230 g/mol. The van der Waals surface area contributed by atoms with E-state index < -0.39 is 11.5 Å². The molecule has 0 aliphatic heterocycles. The Morgan fingerprint density at radius 2 is 1.94 bits per heavy atom. The Morgan fingerprint density at radius 3 is 2.44 bits per heavy atom.